The minimum atomic E-state index is -0.491. The van der Waals surface area contributed by atoms with Gasteiger partial charge >= 0.3 is 0 Å². The van der Waals surface area contributed by atoms with Crippen LogP contribution < -0.4 is 11.1 Å². The molecule has 1 amide bonds. The van der Waals surface area contributed by atoms with Crippen LogP contribution in [0.2, 0.25) is 0 Å². The Kier molecular flexibility index (Phi) is 3.57. The van der Waals surface area contributed by atoms with Gasteiger partial charge in [-0.2, -0.15) is 0 Å². The number of aromatic nitrogens is 2. The summed E-state index contributed by atoms with van der Waals surface area (Å²) in [7, 11) is 0. The van der Waals surface area contributed by atoms with Crippen molar-refractivity contribution < 1.29 is 9.21 Å². The highest BCUT2D eigenvalue weighted by Crippen LogP contribution is 2.08. The molecule has 0 fully saturated rings. The van der Waals surface area contributed by atoms with E-state index in [1.807, 2.05) is 6.92 Å². The van der Waals surface area contributed by atoms with E-state index in [-0.39, 0.29) is 0 Å². The van der Waals surface area contributed by atoms with E-state index in [0.29, 0.717) is 23.8 Å². The van der Waals surface area contributed by atoms with Gasteiger partial charge in [-0.1, -0.05) is 6.92 Å². The number of nitrogens with zero attached hydrogens (tertiary/aromatic N) is 2. The van der Waals surface area contributed by atoms with E-state index in [9.17, 15) is 4.79 Å². The first-order chi connectivity index (χ1) is 8.69. The average molecular weight is 246 g/mol. The molecule has 2 aromatic rings. The first-order valence-corrected chi connectivity index (χ1v) is 5.62. The van der Waals surface area contributed by atoms with Gasteiger partial charge in [0.05, 0.1) is 18.3 Å². The van der Waals surface area contributed by atoms with Crippen LogP contribution in [0.15, 0.2) is 28.9 Å². The van der Waals surface area contributed by atoms with Crippen molar-refractivity contribution in [1.29, 1.82) is 0 Å². The van der Waals surface area contributed by atoms with Crippen LogP contribution in [-0.2, 0) is 13.0 Å². The van der Waals surface area contributed by atoms with Crippen molar-refractivity contribution in [2.45, 2.75) is 19.9 Å². The van der Waals surface area contributed by atoms with Gasteiger partial charge in [0, 0.05) is 12.6 Å². The molecule has 0 saturated carbocycles. The summed E-state index contributed by atoms with van der Waals surface area (Å²) in [4.78, 5) is 19.0. The van der Waals surface area contributed by atoms with E-state index in [0.717, 1.165) is 12.2 Å². The van der Waals surface area contributed by atoms with Crippen molar-refractivity contribution in [3.8, 4) is 0 Å². The van der Waals surface area contributed by atoms with Crippen molar-refractivity contribution >= 4 is 11.7 Å². The quantitative estimate of drug-likeness (QED) is 0.830. The first kappa shape index (κ1) is 12.1. The normalized spacial score (nSPS) is 10.3. The van der Waals surface area contributed by atoms with Crippen LogP contribution in [0, 0.1) is 0 Å². The maximum Gasteiger partial charge on any atom is 0.250 e. The largest absolute Gasteiger partial charge is 0.444 e. The molecule has 2 aromatic heterocycles. The lowest BCUT2D eigenvalue weighted by molar-refractivity contribution is 0.1000. The molecule has 0 radical (unpaired) electrons. The summed E-state index contributed by atoms with van der Waals surface area (Å²) in [6.07, 6.45) is 3.96. The number of amides is 1. The zero-order valence-electron chi connectivity index (χ0n) is 10.0. The second-order valence-corrected chi connectivity index (χ2v) is 3.72. The Morgan fingerprint density at radius 3 is 2.78 bits per heavy atom. The highest BCUT2D eigenvalue weighted by atomic mass is 16.4. The number of carbonyl (C=O) groups excluding carboxylic acids is 1. The predicted molar refractivity (Wildman–Crippen MR) is 66.0 cm³/mol. The van der Waals surface area contributed by atoms with Gasteiger partial charge in [-0.25, -0.2) is 9.97 Å². The fourth-order valence-electron chi connectivity index (χ4n) is 1.40. The molecule has 2 heterocycles. The molecule has 0 aliphatic rings. The number of pyridine rings is 1. The van der Waals surface area contributed by atoms with Crippen molar-refractivity contribution in [3.63, 3.8) is 0 Å². The van der Waals surface area contributed by atoms with E-state index in [1.54, 1.807) is 18.3 Å². The Morgan fingerprint density at radius 1 is 1.39 bits per heavy atom. The molecule has 2 rings (SSSR count). The summed E-state index contributed by atoms with van der Waals surface area (Å²) in [6.45, 7) is 2.45. The standard InChI is InChI=1S/C12H14N4O2/c1-2-9-6-16-11(18-9)7-15-10-4-3-8(5-14-10)12(13)17/h3-6H,2,7H2,1H3,(H2,13,17)(H,14,15). The minimum Gasteiger partial charge on any atom is -0.444 e. The molecule has 18 heavy (non-hydrogen) atoms. The Balaban J connectivity index is 1.95. The minimum absolute atomic E-state index is 0.380. The highest BCUT2D eigenvalue weighted by Gasteiger charge is 2.04. The lowest BCUT2D eigenvalue weighted by atomic mass is 10.3. The van der Waals surface area contributed by atoms with E-state index in [1.165, 1.54) is 6.20 Å². The fourth-order valence-corrected chi connectivity index (χ4v) is 1.40. The number of rotatable bonds is 5. The maximum atomic E-state index is 10.9. The number of oxazole rings is 1. The summed E-state index contributed by atoms with van der Waals surface area (Å²) in [5.41, 5.74) is 5.50. The van der Waals surface area contributed by atoms with Gasteiger partial charge in [0.15, 0.2) is 0 Å². The van der Waals surface area contributed by atoms with Gasteiger partial charge in [-0.05, 0) is 12.1 Å². The van der Waals surface area contributed by atoms with Gasteiger partial charge in [-0.3, -0.25) is 4.79 Å². The third-order valence-electron chi connectivity index (χ3n) is 2.42. The predicted octanol–water partition coefficient (Wildman–Crippen LogP) is 1.34. The molecule has 0 aromatic carbocycles. The van der Waals surface area contributed by atoms with Gasteiger partial charge < -0.3 is 15.5 Å². The lowest BCUT2D eigenvalue weighted by Gasteiger charge is -2.03. The van der Waals surface area contributed by atoms with Crippen LogP contribution in [0.5, 0.6) is 0 Å². The van der Waals surface area contributed by atoms with E-state index < -0.39 is 5.91 Å². The SMILES string of the molecule is CCc1cnc(CNc2ccc(C(N)=O)cn2)o1. The molecule has 0 bridgehead atoms. The monoisotopic (exact) mass is 246 g/mol. The Morgan fingerprint density at radius 2 is 2.22 bits per heavy atom. The van der Waals surface area contributed by atoms with Crippen LogP contribution in [0.3, 0.4) is 0 Å². The molecule has 0 spiro atoms. The summed E-state index contributed by atoms with van der Waals surface area (Å²) in [5, 5.41) is 3.05. The molecule has 0 saturated heterocycles. The molecular weight excluding hydrogens is 232 g/mol. The first-order valence-electron chi connectivity index (χ1n) is 5.62. The molecule has 0 aliphatic heterocycles. The number of carbonyl (C=O) groups is 1. The fraction of sp³-hybridized carbons (Fsp3) is 0.250. The molecule has 6 heteroatoms. The van der Waals surface area contributed by atoms with Crippen LogP contribution in [0.4, 0.5) is 5.82 Å². The highest BCUT2D eigenvalue weighted by molar-refractivity contribution is 5.92. The number of hydrogen-bond acceptors (Lipinski definition) is 5. The summed E-state index contributed by atoms with van der Waals surface area (Å²) in [6, 6.07) is 3.30. The Labute approximate surface area is 104 Å². The number of aryl methyl sites for hydroxylation is 1. The molecule has 6 nitrogen and oxygen atoms in total. The van der Waals surface area contributed by atoms with E-state index in [2.05, 4.69) is 15.3 Å². The molecule has 94 valence electrons. The smallest absolute Gasteiger partial charge is 0.250 e. The van der Waals surface area contributed by atoms with Crippen molar-refractivity contribution in [3.05, 3.63) is 41.7 Å². The number of primary amides is 1. The second kappa shape index (κ2) is 5.31. The van der Waals surface area contributed by atoms with Gasteiger partial charge in [0.2, 0.25) is 11.8 Å². The molecular formula is C12H14N4O2. The molecule has 3 N–H and O–H groups in total. The topological polar surface area (TPSA) is 94.0 Å². The number of anilines is 1. The van der Waals surface area contributed by atoms with Crippen molar-refractivity contribution in [2.24, 2.45) is 5.73 Å². The van der Waals surface area contributed by atoms with Crippen molar-refractivity contribution in [1.82, 2.24) is 9.97 Å². The summed E-state index contributed by atoms with van der Waals surface area (Å²) in [5.74, 6) is 1.60. The number of nitrogens with one attached hydrogen (secondary N) is 1. The molecule has 0 unspecified atom stereocenters. The number of nitrogens with two attached hydrogens (primary N) is 1. The van der Waals surface area contributed by atoms with Gasteiger partial charge in [0.1, 0.15) is 11.6 Å². The average Bonchev–Trinajstić information content (AvgIpc) is 2.85. The van der Waals surface area contributed by atoms with Gasteiger partial charge in [0.25, 0.3) is 0 Å². The van der Waals surface area contributed by atoms with E-state index in [4.69, 9.17) is 10.2 Å². The summed E-state index contributed by atoms with van der Waals surface area (Å²) < 4.78 is 5.44. The van der Waals surface area contributed by atoms with Crippen LogP contribution >= 0.6 is 0 Å². The number of hydrogen-bond donors (Lipinski definition) is 2. The molecule has 0 atom stereocenters. The third-order valence-corrected chi connectivity index (χ3v) is 2.42. The molecule has 0 aliphatic carbocycles. The van der Waals surface area contributed by atoms with Crippen molar-refractivity contribution in [2.75, 3.05) is 5.32 Å². The summed E-state index contributed by atoms with van der Waals surface area (Å²) >= 11 is 0. The zero-order valence-corrected chi connectivity index (χ0v) is 10.0. The van der Waals surface area contributed by atoms with Crippen LogP contribution in [0.25, 0.3) is 0 Å². The Bertz CT molecular complexity index is 533. The zero-order chi connectivity index (χ0) is 13.0. The second-order valence-electron chi connectivity index (χ2n) is 3.72. The third kappa shape index (κ3) is 2.85. The van der Waals surface area contributed by atoms with Crippen LogP contribution in [0.1, 0.15) is 28.9 Å². The maximum absolute atomic E-state index is 10.9. The lowest BCUT2D eigenvalue weighted by Crippen LogP contribution is -2.11. The van der Waals surface area contributed by atoms with Gasteiger partial charge in [-0.15, -0.1) is 0 Å². The Hall–Kier alpha value is -2.37. The van der Waals surface area contributed by atoms with E-state index >= 15 is 0 Å². The van der Waals surface area contributed by atoms with Crippen LogP contribution in [-0.4, -0.2) is 15.9 Å².